The lowest BCUT2D eigenvalue weighted by Crippen LogP contribution is -2.46. The number of anilines is 3. The van der Waals surface area contributed by atoms with Crippen LogP contribution < -0.4 is 24.6 Å². The molecule has 4 aromatic rings. The van der Waals surface area contributed by atoms with Crippen molar-refractivity contribution < 1.29 is 19.2 Å². The molecule has 196 valence electrons. The number of aryl methyl sites for hydroxylation is 1. The maximum atomic E-state index is 13.3. The number of ether oxygens (including phenoxy) is 2. The molecular weight excluding hydrogens is 508 g/mol. The highest BCUT2D eigenvalue weighted by molar-refractivity contribution is 7.20. The van der Waals surface area contributed by atoms with Crippen LogP contribution in [-0.4, -0.2) is 61.2 Å². The number of methoxy groups -OCH3 is 2. The average molecular weight is 535 g/mol. The molecule has 0 unspecified atom stereocenters. The van der Waals surface area contributed by atoms with Crippen molar-refractivity contribution in [2.75, 3.05) is 55.5 Å². The van der Waals surface area contributed by atoms with Crippen molar-refractivity contribution in [3.8, 4) is 11.5 Å². The summed E-state index contributed by atoms with van der Waals surface area (Å²) in [6, 6.07) is 12.1. The minimum Gasteiger partial charge on any atom is -0.497 e. The van der Waals surface area contributed by atoms with Crippen LogP contribution in [0.4, 0.5) is 22.9 Å². The monoisotopic (exact) mass is 534 g/mol. The number of hydrogen-bond donors (Lipinski definition) is 1. The molecule has 0 bridgehead atoms. The molecule has 0 saturated carbocycles. The first kappa shape index (κ1) is 25.2. The lowest BCUT2D eigenvalue weighted by molar-refractivity contribution is -0.384. The molecule has 0 radical (unpaired) electrons. The lowest BCUT2D eigenvalue weighted by Gasteiger charge is -2.37. The van der Waals surface area contributed by atoms with Gasteiger partial charge in [0.25, 0.3) is 11.6 Å². The summed E-state index contributed by atoms with van der Waals surface area (Å²) >= 11 is 1.27. The summed E-state index contributed by atoms with van der Waals surface area (Å²) < 4.78 is 10.5. The number of fused-ring (bicyclic) bond motifs is 1. The Morgan fingerprint density at radius 1 is 1.03 bits per heavy atom. The maximum Gasteiger partial charge on any atom is 0.271 e. The van der Waals surface area contributed by atoms with Crippen molar-refractivity contribution in [1.29, 1.82) is 0 Å². The first-order valence-electron chi connectivity index (χ1n) is 11.9. The third-order valence-electron chi connectivity index (χ3n) is 6.57. The molecule has 2 aromatic heterocycles. The fraction of sp³-hybridized carbons (Fsp3) is 0.269. The van der Waals surface area contributed by atoms with Gasteiger partial charge in [0, 0.05) is 44.0 Å². The number of rotatable bonds is 7. The quantitative estimate of drug-likeness (QED) is 0.270. The minimum absolute atomic E-state index is 0.143. The molecule has 0 spiro atoms. The van der Waals surface area contributed by atoms with Gasteiger partial charge in [0.15, 0.2) is 0 Å². The average Bonchev–Trinajstić information content (AvgIpc) is 3.29. The van der Waals surface area contributed by atoms with Gasteiger partial charge in [-0.25, -0.2) is 9.97 Å². The minimum atomic E-state index is -0.518. The van der Waals surface area contributed by atoms with E-state index in [2.05, 4.69) is 37.2 Å². The molecule has 1 aliphatic heterocycles. The fourth-order valence-electron chi connectivity index (χ4n) is 4.57. The SMILES string of the molecule is COc1ccc(N2CCN(c3ncnc4sc(C(=O)Nc5cc([N+](=O)[O-])ccc5OC)c(C)c34)CC2)cc1. The predicted molar refractivity (Wildman–Crippen MR) is 147 cm³/mol. The van der Waals surface area contributed by atoms with Gasteiger partial charge in [0.1, 0.15) is 28.5 Å². The third kappa shape index (κ3) is 4.77. The molecule has 1 amide bonds. The van der Waals surface area contributed by atoms with Crippen molar-refractivity contribution in [3.63, 3.8) is 0 Å². The summed E-state index contributed by atoms with van der Waals surface area (Å²) in [6.07, 6.45) is 1.52. The lowest BCUT2D eigenvalue weighted by atomic mass is 10.1. The number of carbonyl (C=O) groups is 1. The van der Waals surface area contributed by atoms with Gasteiger partial charge < -0.3 is 24.6 Å². The van der Waals surface area contributed by atoms with Crippen LogP contribution in [-0.2, 0) is 0 Å². The Labute approximate surface area is 222 Å². The highest BCUT2D eigenvalue weighted by Crippen LogP contribution is 2.37. The highest BCUT2D eigenvalue weighted by atomic mass is 32.1. The van der Waals surface area contributed by atoms with Crippen LogP contribution in [0, 0.1) is 17.0 Å². The number of piperazine rings is 1. The molecule has 1 saturated heterocycles. The molecular formula is C26H26N6O5S. The number of aromatic nitrogens is 2. The molecule has 0 atom stereocenters. The van der Waals surface area contributed by atoms with E-state index in [9.17, 15) is 14.9 Å². The first-order valence-corrected chi connectivity index (χ1v) is 12.7. The smallest absolute Gasteiger partial charge is 0.271 e. The molecule has 12 heteroatoms. The predicted octanol–water partition coefficient (Wildman–Crippen LogP) is 4.50. The van der Waals surface area contributed by atoms with E-state index in [1.807, 2.05) is 19.1 Å². The number of thiophene rings is 1. The molecule has 1 fully saturated rings. The number of nitrogens with zero attached hydrogens (tertiary/aromatic N) is 5. The van der Waals surface area contributed by atoms with Gasteiger partial charge >= 0.3 is 0 Å². The summed E-state index contributed by atoms with van der Waals surface area (Å²) in [5.41, 5.74) is 1.99. The Balaban J connectivity index is 1.38. The van der Waals surface area contributed by atoms with Crippen LogP contribution in [0.25, 0.3) is 10.2 Å². The Morgan fingerprint density at radius 2 is 1.74 bits per heavy atom. The second-order valence-corrected chi connectivity index (χ2v) is 9.70. The number of non-ortho nitro benzene ring substituents is 1. The number of amides is 1. The second-order valence-electron chi connectivity index (χ2n) is 8.70. The summed E-state index contributed by atoms with van der Waals surface area (Å²) in [5, 5.41) is 14.8. The Morgan fingerprint density at radius 3 is 2.39 bits per heavy atom. The van der Waals surface area contributed by atoms with Crippen molar-refractivity contribution in [2.45, 2.75) is 6.92 Å². The van der Waals surface area contributed by atoms with E-state index in [4.69, 9.17) is 9.47 Å². The van der Waals surface area contributed by atoms with Gasteiger partial charge in [-0.2, -0.15) is 0 Å². The van der Waals surface area contributed by atoms with Crippen LogP contribution in [0.2, 0.25) is 0 Å². The molecule has 38 heavy (non-hydrogen) atoms. The van der Waals surface area contributed by atoms with E-state index in [0.717, 1.165) is 54.4 Å². The molecule has 5 rings (SSSR count). The number of carbonyl (C=O) groups excluding carboxylic acids is 1. The normalized spacial score (nSPS) is 13.4. The van der Waals surface area contributed by atoms with Crippen molar-refractivity contribution in [2.24, 2.45) is 0 Å². The maximum absolute atomic E-state index is 13.3. The van der Waals surface area contributed by atoms with E-state index in [-0.39, 0.29) is 17.3 Å². The standard InChI is InChI=1S/C26H26N6O5S/c1-16-22-24(31-12-10-30(11-13-31)17-4-7-19(36-2)8-5-17)27-15-28-26(22)38-23(16)25(33)29-20-14-18(32(34)35)6-9-21(20)37-3/h4-9,14-15H,10-13H2,1-3H3,(H,29,33). The zero-order chi connectivity index (χ0) is 26.8. The molecule has 1 N–H and O–H groups in total. The van der Waals surface area contributed by atoms with Crippen LogP contribution >= 0.6 is 11.3 Å². The molecule has 3 heterocycles. The molecule has 0 aliphatic carbocycles. The van der Waals surface area contributed by atoms with Gasteiger partial charge in [-0.1, -0.05) is 0 Å². The van der Waals surface area contributed by atoms with E-state index in [1.54, 1.807) is 7.11 Å². The molecule has 2 aromatic carbocycles. The first-order chi connectivity index (χ1) is 18.4. The summed E-state index contributed by atoms with van der Waals surface area (Å²) in [6.45, 7) is 5.04. The number of nitrogens with one attached hydrogen (secondary N) is 1. The van der Waals surface area contributed by atoms with E-state index in [1.165, 1.54) is 43.0 Å². The van der Waals surface area contributed by atoms with Crippen molar-refractivity contribution >= 4 is 50.3 Å². The van der Waals surface area contributed by atoms with E-state index in [0.29, 0.717) is 15.5 Å². The number of nitro groups is 1. The number of hydrogen-bond acceptors (Lipinski definition) is 10. The molecule has 11 nitrogen and oxygen atoms in total. The van der Waals surface area contributed by atoms with Crippen LogP contribution in [0.1, 0.15) is 15.2 Å². The second kappa shape index (κ2) is 10.5. The topological polar surface area (TPSA) is 123 Å². The highest BCUT2D eigenvalue weighted by Gasteiger charge is 2.25. The Kier molecular flexibility index (Phi) is 6.97. The van der Waals surface area contributed by atoms with Crippen LogP contribution in [0.15, 0.2) is 48.8 Å². The van der Waals surface area contributed by atoms with Crippen molar-refractivity contribution in [1.82, 2.24) is 9.97 Å². The van der Waals surface area contributed by atoms with E-state index >= 15 is 0 Å². The molecule has 1 aliphatic rings. The van der Waals surface area contributed by atoms with E-state index < -0.39 is 4.92 Å². The summed E-state index contributed by atoms with van der Waals surface area (Å²) in [4.78, 5) is 38.7. The van der Waals surface area contributed by atoms with Crippen molar-refractivity contribution in [3.05, 3.63) is 69.3 Å². The summed E-state index contributed by atoms with van der Waals surface area (Å²) in [5.74, 6) is 1.56. The number of nitro benzene ring substituents is 1. The third-order valence-corrected chi connectivity index (χ3v) is 7.77. The fourth-order valence-corrected chi connectivity index (χ4v) is 5.60. The van der Waals surface area contributed by atoms with Crippen LogP contribution in [0.5, 0.6) is 11.5 Å². The zero-order valence-corrected chi connectivity index (χ0v) is 21.9. The van der Waals surface area contributed by atoms with Gasteiger partial charge in [-0.05, 0) is 42.8 Å². The van der Waals surface area contributed by atoms with Crippen LogP contribution in [0.3, 0.4) is 0 Å². The van der Waals surface area contributed by atoms with Gasteiger partial charge in [0.05, 0.1) is 35.1 Å². The zero-order valence-electron chi connectivity index (χ0n) is 21.1. The summed E-state index contributed by atoms with van der Waals surface area (Å²) in [7, 11) is 3.10. The van der Waals surface area contributed by atoms with Gasteiger partial charge in [0.2, 0.25) is 0 Å². The van der Waals surface area contributed by atoms with Gasteiger partial charge in [-0.3, -0.25) is 14.9 Å². The Hall–Kier alpha value is -4.45. The largest absolute Gasteiger partial charge is 0.497 e. The number of benzene rings is 2. The van der Waals surface area contributed by atoms with Gasteiger partial charge in [-0.15, -0.1) is 11.3 Å². The Bertz CT molecular complexity index is 1500.